The van der Waals surface area contributed by atoms with Crippen LogP contribution >= 0.6 is 0 Å². The van der Waals surface area contributed by atoms with Gasteiger partial charge in [-0.3, -0.25) is 9.69 Å². The van der Waals surface area contributed by atoms with E-state index >= 15 is 0 Å². The van der Waals surface area contributed by atoms with Crippen LogP contribution in [0.25, 0.3) is 5.65 Å². The zero-order chi connectivity index (χ0) is 21.8. The maximum Gasteiger partial charge on any atom is 0.220 e. The highest BCUT2D eigenvalue weighted by Crippen LogP contribution is 2.33. The Morgan fingerprint density at radius 3 is 3.00 bits per heavy atom. The van der Waals surface area contributed by atoms with Gasteiger partial charge in [0.05, 0.1) is 24.9 Å². The molecule has 2 aliphatic heterocycles. The van der Waals surface area contributed by atoms with Gasteiger partial charge in [0.1, 0.15) is 0 Å². The highest BCUT2D eigenvalue weighted by Gasteiger charge is 2.29. The summed E-state index contributed by atoms with van der Waals surface area (Å²) >= 11 is 0. The summed E-state index contributed by atoms with van der Waals surface area (Å²) in [5, 5.41) is 7.93. The van der Waals surface area contributed by atoms with Gasteiger partial charge in [0.2, 0.25) is 5.91 Å². The number of ether oxygens (including phenoxy) is 1. The lowest BCUT2D eigenvalue weighted by Gasteiger charge is -2.25. The van der Waals surface area contributed by atoms with E-state index in [0.29, 0.717) is 18.9 Å². The second-order valence-electron chi connectivity index (χ2n) is 8.78. The lowest BCUT2D eigenvalue weighted by molar-refractivity contribution is -0.121. The van der Waals surface area contributed by atoms with Crippen LogP contribution < -0.4 is 5.32 Å². The van der Waals surface area contributed by atoms with E-state index in [9.17, 15) is 4.79 Å². The molecule has 0 unspecified atom stereocenters. The molecule has 4 heterocycles. The molecule has 168 valence electrons. The van der Waals surface area contributed by atoms with Gasteiger partial charge in [-0.25, -0.2) is 9.50 Å². The maximum atomic E-state index is 12.1. The number of fused-ring (bicyclic) bond motifs is 1. The molecule has 7 heteroatoms. The maximum absolute atomic E-state index is 12.1. The molecule has 31 heavy (non-hydrogen) atoms. The summed E-state index contributed by atoms with van der Waals surface area (Å²) in [5.41, 5.74) is 6.59. The Morgan fingerprint density at radius 1 is 1.35 bits per heavy atom. The van der Waals surface area contributed by atoms with Crippen molar-refractivity contribution in [3.63, 3.8) is 0 Å². The van der Waals surface area contributed by atoms with Crippen LogP contribution in [0.15, 0.2) is 17.7 Å². The highest BCUT2D eigenvalue weighted by atomic mass is 16.5. The largest absolute Gasteiger partial charge is 0.377 e. The van der Waals surface area contributed by atoms with Gasteiger partial charge in [0.25, 0.3) is 0 Å². The Balaban J connectivity index is 1.52. The first-order valence-corrected chi connectivity index (χ1v) is 11.7. The molecule has 0 radical (unpaired) electrons. The molecule has 7 nitrogen and oxygen atoms in total. The van der Waals surface area contributed by atoms with E-state index in [4.69, 9.17) is 14.8 Å². The van der Waals surface area contributed by atoms with E-state index in [1.807, 2.05) is 11.4 Å². The Kier molecular flexibility index (Phi) is 7.02. The van der Waals surface area contributed by atoms with Crippen molar-refractivity contribution in [2.75, 3.05) is 32.8 Å². The highest BCUT2D eigenvalue weighted by molar-refractivity contribution is 5.76. The monoisotopic (exact) mass is 425 g/mol. The van der Waals surface area contributed by atoms with Gasteiger partial charge in [0, 0.05) is 37.0 Å². The fraction of sp³-hybridized carbons (Fsp3) is 0.625. The second kappa shape index (κ2) is 9.92. The Hall–Kier alpha value is -2.25. The molecule has 1 saturated heterocycles. The zero-order valence-corrected chi connectivity index (χ0v) is 19.1. The van der Waals surface area contributed by atoms with Gasteiger partial charge in [-0.15, -0.1) is 0 Å². The summed E-state index contributed by atoms with van der Waals surface area (Å²) in [7, 11) is 0. The van der Waals surface area contributed by atoms with E-state index in [-0.39, 0.29) is 5.91 Å². The molecule has 1 amide bonds. The number of likely N-dealkylation sites (tertiary alicyclic amines) is 1. The van der Waals surface area contributed by atoms with Crippen molar-refractivity contribution >= 4 is 11.6 Å². The van der Waals surface area contributed by atoms with E-state index in [2.05, 4.69) is 36.2 Å². The number of hydrogen-bond acceptors (Lipinski definition) is 5. The van der Waals surface area contributed by atoms with Gasteiger partial charge in [-0.05, 0) is 63.6 Å². The summed E-state index contributed by atoms with van der Waals surface area (Å²) in [6.07, 6.45) is 7.79. The Morgan fingerprint density at radius 2 is 2.23 bits per heavy atom. The van der Waals surface area contributed by atoms with Crippen molar-refractivity contribution in [2.45, 2.75) is 65.3 Å². The van der Waals surface area contributed by atoms with Gasteiger partial charge < -0.3 is 10.1 Å². The molecule has 2 aliphatic rings. The van der Waals surface area contributed by atoms with Gasteiger partial charge in [0.15, 0.2) is 5.65 Å². The van der Waals surface area contributed by atoms with Crippen LogP contribution in [0.3, 0.4) is 0 Å². The first-order valence-electron chi connectivity index (χ1n) is 11.7. The summed E-state index contributed by atoms with van der Waals surface area (Å²) in [5.74, 6) is 0.101. The third-order valence-electron chi connectivity index (χ3n) is 6.45. The predicted molar refractivity (Wildman–Crippen MR) is 121 cm³/mol. The Labute approximate surface area is 184 Å². The van der Waals surface area contributed by atoms with Crippen molar-refractivity contribution in [3.05, 3.63) is 40.4 Å². The molecular formula is C24H35N5O2. The second-order valence-corrected chi connectivity index (χ2v) is 8.78. The van der Waals surface area contributed by atoms with Crippen LogP contribution in [-0.4, -0.2) is 58.3 Å². The Bertz CT molecular complexity index is 965. The number of carbonyl (C=O) groups is 1. The molecule has 2 aromatic rings. The van der Waals surface area contributed by atoms with E-state index < -0.39 is 0 Å². The minimum atomic E-state index is 0.101. The van der Waals surface area contributed by atoms with Crippen LogP contribution in [-0.2, 0) is 16.0 Å². The third-order valence-corrected chi connectivity index (χ3v) is 6.45. The molecule has 0 spiro atoms. The predicted octanol–water partition coefficient (Wildman–Crippen LogP) is 3.29. The molecule has 1 fully saturated rings. The summed E-state index contributed by atoms with van der Waals surface area (Å²) in [6, 6.07) is 2.47. The molecule has 4 rings (SSSR count). The van der Waals surface area contributed by atoms with Crippen molar-refractivity contribution in [3.8, 4) is 0 Å². The van der Waals surface area contributed by atoms with Crippen LogP contribution in [0.2, 0.25) is 0 Å². The number of carbonyl (C=O) groups excluding carboxylic acids is 1. The first-order chi connectivity index (χ1) is 15.1. The smallest absolute Gasteiger partial charge is 0.220 e. The lowest BCUT2D eigenvalue weighted by atomic mass is 10.1. The summed E-state index contributed by atoms with van der Waals surface area (Å²) < 4.78 is 7.60. The molecule has 0 aromatic carbocycles. The number of aromatic nitrogens is 3. The quantitative estimate of drug-likeness (QED) is 0.657. The normalized spacial score (nSPS) is 19.7. The van der Waals surface area contributed by atoms with Gasteiger partial charge in [-0.2, -0.15) is 5.10 Å². The number of amides is 1. The fourth-order valence-electron chi connectivity index (χ4n) is 4.79. The van der Waals surface area contributed by atoms with Crippen molar-refractivity contribution < 1.29 is 9.53 Å². The van der Waals surface area contributed by atoms with Crippen molar-refractivity contribution in [1.29, 1.82) is 0 Å². The van der Waals surface area contributed by atoms with Gasteiger partial charge in [-0.1, -0.05) is 13.0 Å². The van der Waals surface area contributed by atoms with Crippen LogP contribution in [0.1, 0.15) is 67.7 Å². The van der Waals surface area contributed by atoms with E-state index in [0.717, 1.165) is 80.4 Å². The van der Waals surface area contributed by atoms with Crippen molar-refractivity contribution in [2.24, 2.45) is 0 Å². The topological polar surface area (TPSA) is 71.8 Å². The minimum Gasteiger partial charge on any atom is -0.377 e. The number of nitrogens with one attached hydrogen (secondary N) is 1. The average molecular weight is 426 g/mol. The number of hydrogen-bond donors (Lipinski definition) is 1. The number of nitrogens with zero attached hydrogens (tertiary/aromatic N) is 4. The molecule has 1 atom stereocenters. The molecule has 0 saturated carbocycles. The van der Waals surface area contributed by atoms with Crippen molar-refractivity contribution in [1.82, 2.24) is 24.8 Å². The molecular weight excluding hydrogens is 390 g/mol. The number of rotatable bonds is 8. The summed E-state index contributed by atoms with van der Waals surface area (Å²) in [4.78, 5) is 19.4. The standard InChI is InChI=1S/C24H35N5O2/c1-4-11-25-24(30)10-9-20-17(2)26-23-14-21(27-29(23)18(20)3)22-8-5-12-28(22)15-19-7-6-13-31-16-19/h7,14,22H,4-6,8-13,15-16H2,1-3H3,(H,25,30)/t22-/m1/s1. The van der Waals surface area contributed by atoms with Crippen LogP contribution in [0, 0.1) is 13.8 Å². The molecule has 2 aromatic heterocycles. The van der Waals surface area contributed by atoms with Gasteiger partial charge >= 0.3 is 0 Å². The molecule has 0 aliphatic carbocycles. The zero-order valence-electron chi connectivity index (χ0n) is 19.1. The van der Waals surface area contributed by atoms with Crippen LogP contribution in [0.4, 0.5) is 0 Å². The minimum absolute atomic E-state index is 0.101. The van der Waals surface area contributed by atoms with Crippen LogP contribution in [0.5, 0.6) is 0 Å². The number of aryl methyl sites for hydroxylation is 2. The lowest BCUT2D eigenvalue weighted by Crippen LogP contribution is -2.28. The molecule has 1 N–H and O–H groups in total. The third kappa shape index (κ3) is 4.99. The van der Waals surface area contributed by atoms with E-state index in [1.165, 1.54) is 12.0 Å². The summed E-state index contributed by atoms with van der Waals surface area (Å²) in [6.45, 7) is 10.6. The first kappa shape index (κ1) is 22.0. The SMILES string of the molecule is CCCNC(=O)CCc1c(C)nc2cc([C@H]3CCCN3CC3=CCCOC3)nn2c1C. The van der Waals surface area contributed by atoms with E-state index in [1.54, 1.807) is 0 Å². The fourth-order valence-corrected chi connectivity index (χ4v) is 4.79. The average Bonchev–Trinajstić information content (AvgIpc) is 3.39. The molecule has 0 bridgehead atoms.